The zero-order chi connectivity index (χ0) is 11.9. The second kappa shape index (κ2) is 6.35. The lowest BCUT2D eigenvalue weighted by molar-refractivity contribution is 0.414. The molecular weight excluding hydrogens is 232 g/mol. The molecule has 1 heterocycles. The van der Waals surface area contributed by atoms with Gasteiger partial charge in [0.15, 0.2) is 0 Å². The molecule has 1 aromatic heterocycles. The van der Waals surface area contributed by atoms with Crippen molar-refractivity contribution in [3.63, 3.8) is 0 Å². The van der Waals surface area contributed by atoms with E-state index in [9.17, 15) is 0 Å². The Morgan fingerprint density at radius 3 is 2.76 bits per heavy atom. The van der Waals surface area contributed by atoms with E-state index in [0.29, 0.717) is 0 Å². The van der Waals surface area contributed by atoms with E-state index in [-0.39, 0.29) is 0 Å². The molecule has 17 heavy (non-hydrogen) atoms. The molecule has 2 rings (SSSR count). The van der Waals surface area contributed by atoms with Crippen LogP contribution in [0.5, 0.6) is 5.75 Å². The SMILES string of the molecule is COc1ccc(CSCCc2ncc[nH]2)cc1. The second-order valence-corrected chi connectivity index (χ2v) is 4.79. The Morgan fingerprint density at radius 2 is 2.12 bits per heavy atom. The minimum absolute atomic E-state index is 0.911. The van der Waals surface area contributed by atoms with Crippen LogP contribution < -0.4 is 4.74 Å². The fraction of sp³-hybridized carbons (Fsp3) is 0.308. The first-order chi connectivity index (χ1) is 8.38. The zero-order valence-electron chi connectivity index (χ0n) is 9.85. The summed E-state index contributed by atoms with van der Waals surface area (Å²) >= 11 is 1.92. The van der Waals surface area contributed by atoms with E-state index in [1.165, 1.54) is 5.56 Å². The highest BCUT2D eigenvalue weighted by atomic mass is 32.2. The van der Waals surface area contributed by atoms with E-state index in [0.717, 1.165) is 29.5 Å². The first-order valence-electron chi connectivity index (χ1n) is 5.57. The second-order valence-electron chi connectivity index (χ2n) is 3.69. The van der Waals surface area contributed by atoms with Crippen molar-refractivity contribution in [2.75, 3.05) is 12.9 Å². The van der Waals surface area contributed by atoms with Crippen molar-refractivity contribution < 1.29 is 4.74 Å². The topological polar surface area (TPSA) is 37.9 Å². The molecule has 0 aliphatic carbocycles. The van der Waals surface area contributed by atoms with Gasteiger partial charge in [0.05, 0.1) is 7.11 Å². The summed E-state index contributed by atoms with van der Waals surface area (Å²) in [5, 5.41) is 0. The summed E-state index contributed by atoms with van der Waals surface area (Å²) in [5.41, 5.74) is 1.33. The fourth-order valence-electron chi connectivity index (χ4n) is 1.52. The summed E-state index contributed by atoms with van der Waals surface area (Å²) in [6.45, 7) is 0. The minimum atomic E-state index is 0.911. The Hall–Kier alpha value is -1.42. The van der Waals surface area contributed by atoms with Gasteiger partial charge in [-0.3, -0.25) is 0 Å². The van der Waals surface area contributed by atoms with Crippen molar-refractivity contribution in [1.82, 2.24) is 9.97 Å². The third-order valence-electron chi connectivity index (χ3n) is 2.47. The van der Waals surface area contributed by atoms with Crippen LogP contribution in [0.3, 0.4) is 0 Å². The zero-order valence-corrected chi connectivity index (χ0v) is 10.7. The molecular formula is C13H16N2OS. The van der Waals surface area contributed by atoms with Crippen LogP contribution in [0, 0.1) is 0 Å². The number of aromatic nitrogens is 2. The van der Waals surface area contributed by atoms with E-state index in [2.05, 4.69) is 22.1 Å². The summed E-state index contributed by atoms with van der Waals surface area (Å²) in [4.78, 5) is 7.31. The molecule has 0 bridgehead atoms. The maximum Gasteiger partial charge on any atom is 0.118 e. The molecule has 0 fully saturated rings. The molecule has 2 aromatic rings. The number of nitrogens with one attached hydrogen (secondary N) is 1. The Balaban J connectivity index is 1.70. The van der Waals surface area contributed by atoms with E-state index in [1.807, 2.05) is 30.1 Å². The number of rotatable bonds is 6. The number of aryl methyl sites for hydroxylation is 1. The van der Waals surface area contributed by atoms with Crippen LogP contribution in [0.15, 0.2) is 36.7 Å². The Labute approximate surface area is 106 Å². The summed E-state index contributed by atoms with van der Waals surface area (Å²) in [5.74, 6) is 4.09. The molecule has 1 N–H and O–H groups in total. The van der Waals surface area contributed by atoms with Crippen molar-refractivity contribution in [3.05, 3.63) is 48.0 Å². The number of hydrogen-bond donors (Lipinski definition) is 1. The maximum absolute atomic E-state index is 5.12. The predicted octanol–water partition coefficient (Wildman–Crippen LogP) is 2.89. The third kappa shape index (κ3) is 3.82. The molecule has 90 valence electrons. The quantitative estimate of drug-likeness (QED) is 0.799. The molecule has 4 heteroatoms. The highest BCUT2D eigenvalue weighted by Gasteiger charge is 1.97. The normalized spacial score (nSPS) is 10.4. The van der Waals surface area contributed by atoms with E-state index in [4.69, 9.17) is 4.74 Å². The summed E-state index contributed by atoms with van der Waals surface area (Å²) in [6.07, 6.45) is 4.65. The smallest absolute Gasteiger partial charge is 0.118 e. The molecule has 0 aliphatic heterocycles. The number of aromatic amines is 1. The number of thioether (sulfide) groups is 1. The molecule has 1 aromatic carbocycles. The van der Waals surface area contributed by atoms with Gasteiger partial charge in [-0.25, -0.2) is 4.98 Å². The lowest BCUT2D eigenvalue weighted by Crippen LogP contribution is -1.92. The number of imidazole rings is 1. The van der Waals surface area contributed by atoms with Crippen LogP contribution in [0.25, 0.3) is 0 Å². The lowest BCUT2D eigenvalue weighted by Gasteiger charge is -2.03. The van der Waals surface area contributed by atoms with Gasteiger partial charge in [0, 0.05) is 30.3 Å². The number of methoxy groups -OCH3 is 1. The number of nitrogens with zero attached hydrogens (tertiary/aromatic N) is 1. The molecule has 0 atom stereocenters. The largest absolute Gasteiger partial charge is 0.497 e. The van der Waals surface area contributed by atoms with Gasteiger partial charge in [-0.1, -0.05) is 12.1 Å². The number of hydrogen-bond acceptors (Lipinski definition) is 3. The molecule has 0 radical (unpaired) electrons. The molecule has 0 aliphatic rings. The fourth-order valence-corrected chi connectivity index (χ4v) is 2.43. The van der Waals surface area contributed by atoms with Crippen LogP contribution in [0.1, 0.15) is 11.4 Å². The number of H-pyrrole nitrogens is 1. The molecule has 0 saturated carbocycles. The summed E-state index contributed by atoms with van der Waals surface area (Å²) in [6, 6.07) is 8.22. The van der Waals surface area contributed by atoms with Crippen LogP contribution in [0.4, 0.5) is 0 Å². The van der Waals surface area contributed by atoms with Crippen molar-refractivity contribution in [1.29, 1.82) is 0 Å². The Bertz CT molecular complexity index is 425. The van der Waals surface area contributed by atoms with Crippen molar-refractivity contribution in [2.45, 2.75) is 12.2 Å². The van der Waals surface area contributed by atoms with Gasteiger partial charge in [-0.05, 0) is 17.7 Å². The highest BCUT2D eigenvalue weighted by molar-refractivity contribution is 7.98. The van der Waals surface area contributed by atoms with Gasteiger partial charge < -0.3 is 9.72 Å². The first kappa shape index (κ1) is 12.0. The van der Waals surface area contributed by atoms with Gasteiger partial charge in [0.25, 0.3) is 0 Å². The van der Waals surface area contributed by atoms with Crippen LogP contribution in [0.2, 0.25) is 0 Å². The van der Waals surface area contributed by atoms with Gasteiger partial charge in [-0.2, -0.15) is 11.8 Å². The van der Waals surface area contributed by atoms with Crippen molar-refractivity contribution in [2.24, 2.45) is 0 Å². The van der Waals surface area contributed by atoms with Gasteiger partial charge in [-0.15, -0.1) is 0 Å². The molecule has 0 saturated heterocycles. The predicted molar refractivity (Wildman–Crippen MR) is 71.4 cm³/mol. The summed E-state index contributed by atoms with van der Waals surface area (Å²) in [7, 11) is 1.69. The Morgan fingerprint density at radius 1 is 1.29 bits per heavy atom. The van der Waals surface area contributed by atoms with E-state index in [1.54, 1.807) is 13.3 Å². The first-order valence-corrected chi connectivity index (χ1v) is 6.73. The molecule has 0 unspecified atom stereocenters. The van der Waals surface area contributed by atoms with Crippen LogP contribution in [-0.4, -0.2) is 22.8 Å². The number of ether oxygens (including phenoxy) is 1. The molecule has 0 spiro atoms. The van der Waals surface area contributed by atoms with Gasteiger partial charge in [0.1, 0.15) is 11.6 Å². The van der Waals surface area contributed by atoms with Crippen molar-refractivity contribution >= 4 is 11.8 Å². The van der Waals surface area contributed by atoms with E-state index >= 15 is 0 Å². The van der Waals surface area contributed by atoms with Crippen LogP contribution >= 0.6 is 11.8 Å². The lowest BCUT2D eigenvalue weighted by atomic mass is 10.2. The average Bonchev–Trinajstić information content (AvgIpc) is 2.88. The monoisotopic (exact) mass is 248 g/mol. The van der Waals surface area contributed by atoms with Crippen LogP contribution in [-0.2, 0) is 12.2 Å². The molecule has 0 amide bonds. The van der Waals surface area contributed by atoms with Gasteiger partial charge >= 0.3 is 0 Å². The van der Waals surface area contributed by atoms with Crippen molar-refractivity contribution in [3.8, 4) is 5.75 Å². The standard InChI is InChI=1S/C13H16N2OS/c1-16-12-4-2-11(3-5-12)10-17-9-6-13-14-7-8-15-13/h2-5,7-8H,6,9-10H2,1H3,(H,14,15). The minimum Gasteiger partial charge on any atom is -0.497 e. The number of benzene rings is 1. The molecule has 3 nitrogen and oxygen atoms in total. The highest BCUT2D eigenvalue weighted by Crippen LogP contribution is 2.16. The average molecular weight is 248 g/mol. The maximum atomic E-state index is 5.12. The summed E-state index contributed by atoms with van der Waals surface area (Å²) < 4.78 is 5.12. The third-order valence-corrected chi connectivity index (χ3v) is 3.50. The van der Waals surface area contributed by atoms with Gasteiger partial charge in [0.2, 0.25) is 0 Å². The van der Waals surface area contributed by atoms with E-state index < -0.39 is 0 Å². The Kier molecular flexibility index (Phi) is 4.50.